The number of nitriles is 1. The predicted octanol–water partition coefficient (Wildman–Crippen LogP) is 18.2. The lowest BCUT2D eigenvalue weighted by Gasteiger charge is -2.27. The summed E-state index contributed by atoms with van der Waals surface area (Å²) < 4.78 is 26.8. The van der Waals surface area contributed by atoms with Crippen LogP contribution < -0.4 is 0 Å². The number of hydrogen-bond donors (Lipinski definition) is 0. The topological polar surface area (TPSA) is 95.2 Å². The molecule has 0 atom stereocenters. The first-order chi connectivity index (χ1) is 37.7. The van der Waals surface area contributed by atoms with Crippen molar-refractivity contribution in [2.24, 2.45) is 0 Å². The Morgan fingerprint density at radius 2 is 0.750 bits per heavy atom. The van der Waals surface area contributed by atoms with Crippen LogP contribution in [0, 0.1) is 17.9 Å². The molecule has 350 valence electrons. The normalized spacial score (nSPS) is 12.2. The largest absolute Gasteiger partial charge is 0.456 e. The van der Waals surface area contributed by atoms with Crippen molar-refractivity contribution in [3.63, 3.8) is 0 Å². The van der Waals surface area contributed by atoms with E-state index in [1.165, 1.54) is 0 Å². The SMILES string of the molecule is [C-]#[N+]c1c(-n2c3ccccc3c3ccc4oc5ccccc5c4c32)c(C#N)c(-c2ccncc2)c(-n2c3ccccc3c3ccc4oc5ccccc5c4c32)c1-n1c2ccccc2c2ccc3oc4ccccc4c3c21. The number of aromatic nitrogens is 4. The molecule has 0 N–H and O–H groups in total. The van der Waals surface area contributed by atoms with Crippen LogP contribution in [0.25, 0.3) is 164 Å². The van der Waals surface area contributed by atoms with Gasteiger partial charge in [0, 0.05) is 66.4 Å². The van der Waals surface area contributed by atoms with Crippen LogP contribution in [-0.2, 0) is 0 Å². The van der Waals surface area contributed by atoms with Gasteiger partial charge in [0.1, 0.15) is 39.6 Å². The van der Waals surface area contributed by atoms with Gasteiger partial charge >= 0.3 is 0 Å². The summed E-state index contributed by atoms with van der Waals surface area (Å²) >= 11 is 0. The van der Waals surface area contributed by atoms with Crippen molar-refractivity contribution in [2.75, 3.05) is 0 Å². The molecule has 0 bridgehead atoms. The number of benzene rings is 10. The fourth-order valence-electron chi connectivity index (χ4n) is 12.9. The molecule has 0 amide bonds. The predicted molar refractivity (Wildman–Crippen MR) is 306 cm³/mol. The van der Waals surface area contributed by atoms with Gasteiger partial charge in [-0.2, -0.15) is 5.26 Å². The summed E-state index contributed by atoms with van der Waals surface area (Å²) in [6.07, 6.45) is 3.55. The highest BCUT2D eigenvalue weighted by atomic mass is 16.3. The minimum Gasteiger partial charge on any atom is -0.456 e. The highest BCUT2D eigenvalue weighted by molar-refractivity contribution is 6.29. The molecule has 0 aliphatic heterocycles. The molecule has 7 aromatic heterocycles. The first-order valence-corrected chi connectivity index (χ1v) is 25.1. The fourth-order valence-corrected chi connectivity index (χ4v) is 12.9. The average Bonchev–Trinajstić information content (AvgIpc) is 4.41. The van der Waals surface area contributed by atoms with Crippen molar-refractivity contribution in [3.8, 4) is 34.3 Å². The zero-order chi connectivity index (χ0) is 49.9. The second kappa shape index (κ2) is 14.9. The summed E-state index contributed by atoms with van der Waals surface area (Å²) in [6.45, 7) is 9.92. The van der Waals surface area contributed by atoms with Crippen molar-refractivity contribution in [2.45, 2.75) is 0 Å². The molecule has 0 fully saturated rings. The lowest BCUT2D eigenvalue weighted by Crippen LogP contribution is -2.11. The van der Waals surface area contributed by atoms with Gasteiger partial charge in [-0.05, 0) is 90.5 Å². The standard InChI is InChI=1S/C67H34N6O3/c1-69-61-65(71-48-20-8-2-14-38(48)41-26-29-54-58(62(41)71)44-17-5-11-23-51(44)74-54)47(36-68)57(37-32-34-70-35-33-37)66(72-49-21-9-3-15-39(49)42-27-30-55-59(63(42)72)45-18-6-12-24-52(45)75-55)67(61)73-50-22-10-4-16-40(50)43-28-31-56-60(64(43)73)46-19-7-13-25-53(46)76-56/h2-35H. The quantitative estimate of drug-likeness (QED) is 0.164. The van der Waals surface area contributed by atoms with E-state index in [2.05, 4.69) is 134 Å². The smallest absolute Gasteiger partial charge is 0.237 e. The van der Waals surface area contributed by atoms with E-state index in [9.17, 15) is 11.8 Å². The third-order valence-electron chi connectivity index (χ3n) is 15.8. The minimum absolute atomic E-state index is 0.277. The number of rotatable bonds is 4. The van der Waals surface area contributed by atoms with Crippen molar-refractivity contribution in [1.82, 2.24) is 18.7 Å². The molecule has 17 rings (SSSR count). The number of hydrogen-bond acceptors (Lipinski definition) is 5. The van der Waals surface area contributed by atoms with Gasteiger partial charge < -0.3 is 27.0 Å². The molecule has 76 heavy (non-hydrogen) atoms. The Labute approximate surface area is 429 Å². The third-order valence-corrected chi connectivity index (χ3v) is 15.8. The van der Waals surface area contributed by atoms with Gasteiger partial charge in [0.2, 0.25) is 5.69 Å². The van der Waals surface area contributed by atoms with Crippen LogP contribution in [-0.4, -0.2) is 18.7 Å². The summed E-state index contributed by atoms with van der Waals surface area (Å²) in [5.74, 6) is 0. The average molecular weight is 971 g/mol. The first-order valence-electron chi connectivity index (χ1n) is 25.1. The minimum atomic E-state index is 0.277. The van der Waals surface area contributed by atoms with Gasteiger partial charge in [-0.25, -0.2) is 4.85 Å². The van der Waals surface area contributed by atoms with Crippen LogP contribution in [0.1, 0.15) is 5.56 Å². The lowest BCUT2D eigenvalue weighted by molar-refractivity contribution is 0.669. The van der Waals surface area contributed by atoms with Crippen LogP contribution >= 0.6 is 0 Å². The third kappa shape index (κ3) is 5.12. The molecular formula is C67H34N6O3. The molecule has 17 aromatic rings. The van der Waals surface area contributed by atoms with E-state index < -0.39 is 0 Å². The molecule has 9 heteroatoms. The number of furan rings is 3. The van der Waals surface area contributed by atoms with Crippen molar-refractivity contribution in [3.05, 3.63) is 223 Å². The van der Waals surface area contributed by atoms with Gasteiger partial charge in [-0.1, -0.05) is 109 Å². The second-order valence-corrected chi connectivity index (χ2v) is 19.5. The second-order valence-electron chi connectivity index (χ2n) is 19.5. The maximum absolute atomic E-state index is 12.5. The molecule has 0 spiro atoms. The Bertz CT molecular complexity index is 5510. The first kappa shape index (κ1) is 40.7. The fraction of sp³-hybridized carbons (Fsp3) is 0. The summed E-state index contributed by atoms with van der Waals surface area (Å²) in [7, 11) is 0. The summed E-state index contributed by atoms with van der Waals surface area (Å²) in [5, 5.41) is 23.9. The molecule has 7 heterocycles. The van der Waals surface area contributed by atoms with Gasteiger partial charge in [0.25, 0.3) is 0 Å². The Kier molecular flexibility index (Phi) is 7.96. The molecule has 0 aliphatic rings. The maximum atomic E-state index is 12.5. The van der Waals surface area contributed by atoms with E-state index in [-0.39, 0.29) is 5.69 Å². The summed E-state index contributed by atoms with van der Waals surface area (Å²) in [6, 6.07) is 68.8. The number of pyridine rings is 1. The summed E-state index contributed by atoms with van der Waals surface area (Å²) in [5.41, 5.74) is 13.2. The molecule has 0 radical (unpaired) electrons. The number of fused-ring (bicyclic) bond motifs is 21. The molecule has 0 unspecified atom stereocenters. The molecule has 9 nitrogen and oxygen atoms in total. The Balaban J connectivity index is 1.21. The van der Waals surface area contributed by atoms with Crippen molar-refractivity contribution < 1.29 is 13.3 Å². The van der Waals surface area contributed by atoms with Crippen LogP contribution in [0.2, 0.25) is 0 Å². The number of para-hydroxylation sites is 6. The maximum Gasteiger partial charge on any atom is 0.237 e. The van der Waals surface area contributed by atoms with E-state index in [1.54, 1.807) is 12.4 Å². The zero-order valence-electron chi connectivity index (χ0n) is 40.0. The molecular weight excluding hydrogens is 937 g/mol. The van der Waals surface area contributed by atoms with E-state index in [0.717, 1.165) is 126 Å². The zero-order valence-corrected chi connectivity index (χ0v) is 40.0. The van der Waals surface area contributed by atoms with E-state index in [4.69, 9.17) is 18.1 Å². The van der Waals surface area contributed by atoms with Gasteiger partial charge in [0.15, 0.2) is 0 Å². The molecule has 0 aliphatic carbocycles. The Hall–Kier alpha value is -10.9. The van der Waals surface area contributed by atoms with Crippen molar-refractivity contribution in [1.29, 1.82) is 5.26 Å². The highest BCUT2D eigenvalue weighted by Crippen LogP contribution is 2.54. The van der Waals surface area contributed by atoms with Gasteiger partial charge in [-0.15, -0.1) is 0 Å². The number of nitrogens with zero attached hydrogens (tertiary/aromatic N) is 6. The molecule has 0 saturated carbocycles. The van der Waals surface area contributed by atoms with Crippen LogP contribution in [0.15, 0.2) is 220 Å². The Morgan fingerprint density at radius 3 is 1.16 bits per heavy atom. The van der Waals surface area contributed by atoms with E-state index >= 15 is 0 Å². The van der Waals surface area contributed by atoms with Crippen LogP contribution in [0.5, 0.6) is 0 Å². The monoisotopic (exact) mass is 970 g/mol. The molecule has 10 aromatic carbocycles. The highest BCUT2D eigenvalue weighted by Gasteiger charge is 2.35. The summed E-state index contributed by atoms with van der Waals surface area (Å²) in [4.78, 5) is 9.37. The van der Waals surface area contributed by atoms with E-state index in [0.29, 0.717) is 39.4 Å². The van der Waals surface area contributed by atoms with E-state index in [1.807, 2.05) is 84.9 Å². The van der Waals surface area contributed by atoms with Crippen LogP contribution in [0.3, 0.4) is 0 Å². The molecule has 0 saturated heterocycles. The van der Waals surface area contributed by atoms with Crippen LogP contribution in [0.4, 0.5) is 5.69 Å². The van der Waals surface area contributed by atoms with Crippen molar-refractivity contribution >= 4 is 137 Å². The lowest BCUT2D eigenvalue weighted by atomic mass is 9.93. The van der Waals surface area contributed by atoms with Gasteiger partial charge in [0.05, 0.1) is 78.5 Å². The van der Waals surface area contributed by atoms with Gasteiger partial charge in [-0.3, -0.25) is 4.98 Å². The Morgan fingerprint density at radius 1 is 0.382 bits per heavy atom.